The highest BCUT2D eigenvalue weighted by atomic mass is 35.5. The van der Waals surface area contributed by atoms with Crippen LogP contribution in [0.1, 0.15) is 24.8 Å². The molecule has 2 fully saturated rings. The number of hydrogen-bond acceptors (Lipinski definition) is 5. The molecule has 3 aliphatic rings. The molecule has 0 unspecified atom stereocenters. The van der Waals surface area contributed by atoms with Crippen molar-refractivity contribution in [1.29, 1.82) is 0 Å². The van der Waals surface area contributed by atoms with Gasteiger partial charge < -0.3 is 26.3 Å². The summed E-state index contributed by atoms with van der Waals surface area (Å²) in [6.45, 7) is 2.44. The number of aromatic amines is 1. The van der Waals surface area contributed by atoms with Crippen LogP contribution in [0, 0.1) is 5.92 Å². The number of carbonyl (C=O) groups is 2. The van der Waals surface area contributed by atoms with E-state index >= 15 is 0 Å². The predicted octanol–water partition coefficient (Wildman–Crippen LogP) is 2.77. The molecule has 33 heavy (non-hydrogen) atoms. The van der Waals surface area contributed by atoms with Gasteiger partial charge in [0, 0.05) is 65.4 Å². The molecule has 2 aliphatic heterocycles. The zero-order chi connectivity index (χ0) is 22.7. The van der Waals surface area contributed by atoms with Crippen molar-refractivity contribution in [2.24, 2.45) is 11.7 Å². The zero-order valence-corrected chi connectivity index (χ0v) is 18.8. The van der Waals surface area contributed by atoms with E-state index < -0.39 is 0 Å². The number of pyridine rings is 1. The first-order valence-electron chi connectivity index (χ1n) is 11.3. The molecule has 3 aromatic rings. The highest BCUT2D eigenvalue weighted by Crippen LogP contribution is 2.53. The monoisotopic (exact) mass is 464 g/mol. The molecule has 0 bridgehead atoms. The summed E-state index contributed by atoms with van der Waals surface area (Å²) in [4.78, 5) is 34.2. The maximum Gasteiger partial charge on any atom is 0.241 e. The second-order valence-electron chi connectivity index (χ2n) is 9.31. The number of nitrogens with two attached hydrogens (primary N) is 1. The van der Waals surface area contributed by atoms with Crippen LogP contribution in [0.5, 0.6) is 0 Å². The minimum Gasteiger partial charge on any atom is -0.369 e. The maximum atomic E-state index is 12.5. The lowest BCUT2D eigenvalue weighted by Crippen LogP contribution is -2.48. The standard InChI is InChI=1S/C24H25ClN6O2/c25-20-16(10-29-23-19(20)24(12-30-23)5-4-13(8-24)22(26)33)15-9-28-21-14(15)2-1-3-17(21)31-7-6-27-11-18(31)32/h1-3,9-10,13,27-28H,4-8,11-12H2,(H2,26,33)(H,29,30)/t13-,24-/m0/s1. The van der Waals surface area contributed by atoms with Gasteiger partial charge in [-0.3, -0.25) is 9.59 Å². The lowest BCUT2D eigenvalue weighted by atomic mass is 9.80. The van der Waals surface area contributed by atoms with Crippen molar-refractivity contribution in [3.63, 3.8) is 0 Å². The third-order valence-corrected chi connectivity index (χ3v) is 7.91. The van der Waals surface area contributed by atoms with Gasteiger partial charge in [0.2, 0.25) is 11.8 Å². The third-order valence-electron chi connectivity index (χ3n) is 7.51. The minimum atomic E-state index is -0.243. The van der Waals surface area contributed by atoms with Crippen molar-refractivity contribution < 1.29 is 9.59 Å². The van der Waals surface area contributed by atoms with Crippen molar-refractivity contribution in [3.05, 3.63) is 41.2 Å². The number of fused-ring (bicyclic) bond motifs is 3. The van der Waals surface area contributed by atoms with E-state index in [4.69, 9.17) is 22.3 Å². The van der Waals surface area contributed by atoms with Crippen LogP contribution < -0.4 is 21.3 Å². The molecule has 0 radical (unpaired) electrons. The molecular formula is C24H25ClN6O2. The summed E-state index contributed by atoms with van der Waals surface area (Å²) in [5.41, 5.74) is 9.95. The van der Waals surface area contributed by atoms with E-state index in [1.54, 1.807) is 6.20 Å². The quantitative estimate of drug-likeness (QED) is 0.475. The molecule has 6 rings (SSSR count). The Morgan fingerprint density at radius 3 is 2.97 bits per heavy atom. The molecule has 2 aromatic heterocycles. The fourth-order valence-corrected chi connectivity index (χ4v) is 6.28. The lowest BCUT2D eigenvalue weighted by Gasteiger charge is -2.27. The van der Waals surface area contributed by atoms with Crippen molar-refractivity contribution in [2.45, 2.75) is 24.7 Å². The first kappa shape index (κ1) is 20.5. The predicted molar refractivity (Wildman–Crippen MR) is 128 cm³/mol. The van der Waals surface area contributed by atoms with Gasteiger partial charge >= 0.3 is 0 Å². The fraction of sp³-hybridized carbons (Fsp3) is 0.375. The van der Waals surface area contributed by atoms with Crippen LogP contribution in [-0.4, -0.2) is 48.0 Å². The highest BCUT2D eigenvalue weighted by Gasteiger charge is 2.48. The normalized spacial score (nSPS) is 24.5. The Labute approximate surface area is 195 Å². The Hall–Kier alpha value is -3.10. The van der Waals surface area contributed by atoms with E-state index in [-0.39, 0.29) is 23.1 Å². The number of benzene rings is 1. The molecule has 1 aromatic carbocycles. The number of piperazine rings is 1. The van der Waals surface area contributed by atoms with E-state index in [9.17, 15) is 9.59 Å². The Morgan fingerprint density at radius 2 is 2.18 bits per heavy atom. The number of halogens is 1. The van der Waals surface area contributed by atoms with Crippen molar-refractivity contribution >= 4 is 45.8 Å². The van der Waals surface area contributed by atoms with Crippen molar-refractivity contribution in [1.82, 2.24) is 15.3 Å². The van der Waals surface area contributed by atoms with Gasteiger partial charge in [0.15, 0.2) is 0 Å². The largest absolute Gasteiger partial charge is 0.369 e. The lowest BCUT2D eigenvalue weighted by molar-refractivity contribution is -0.121. The third kappa shape index (κ3) is 3.04. The molecular weight excluding hydrogens is 440 g/mol. The average Bonchev–Trinajstić information content (AvgIpc) is 3.53. The molecule has 170 valence electrons. The number of para-hydroxylation sites is 1. The molecule has 9 heteroatoms. The summed E-state index contributed by atoms with van der Waals surface area (Å²) >= 11 is 7.07. The average molecular weight is 465 g/mol. The van der Waals surface area contributed by atoms with Crippen LogP contribution in [0.15, 0.2) is 30.6 Å². The summed E-state index contributed by atoms with van der Waals surface area (Å²) in [5.74, 6) is 0.470. The fourth-order valence-electron chi connectivity index (χ4n) is 5.84. The van der Waals surface area contributed by atoms with Gasteiger partial charge in [0.25, 0.3) is 0 Å². The van der Waals surface area contributed by atoms with Crippen molar-refractivity contribution in [3.8, 4) is 11.1 Å². The minimum absolute atomic E-state index is 0.0559. The van der Waals surface area contributed by atoms with Crippen LogP contribution >= 0.6 is 11.6 Å². The molecule has 8 nitrogen and oxygen atoms in total. The number of primary amides is 1. The number of amides is 2. The SMILES string of the molecule is NC(=O)[C@H]1CC[C@@]2(CNc3ncc(-c4c[nH]c5c(N6CCNCC6=O)cccc45)c(Cl)c32)C1. The number of anilines is 2. The second-order valence-corrected chi connectivity index (χ2v) is 9.69. The molecule has 1 spiro atoms. The molecule has 2 atom stereocenters. The highest BCUT2D eigenvalue weighted by molar-refractivity contribution is 6.35. The van der Waals surface area contributed by atoms with Crippen LogP contribution in [-0.2, 0) is 15.0 Å². The number of rotatable bonds is 3. The first-order chi connectivity index (χ1) is 16.0. The Bertz CT molecular complexity index is 1300. The van der Waals surface area contributed by atoms with Crippen molar-refractivity contribution in [2.75, 3.05) is 36.4 Å². The van der Waals surface area contributed by atoms with Gasteiger partial charge in [-0.25, -0.2) is 4.98 Å². The van der Waals surface area contributed by atoms with E-state index in [1.165, 1.54) is 0 Å². The van der Waals surface area contributed by atoms with Gasteiger partial charge in [0.05, 0.1) is 22.8 Å². The van der Waals surface area contributed by atoms with E-state index in [2.05, 4.69) is 15.6 Å². The smallest absolute Gasteiger partial charge is 0.241 e. The summed E-state index contributed by atoms with van der Waals surface area (Å²) in [6, 6.07) is 5.97. The Morgan fingerprint density at radius 1 is 1.30 bits per heavy atom. The number of hydrogen-bond donors (Lipinski definition) is 4. The topological polar surface area (TPSA) is 116 Å². The summed E-state index contributed by atoms with van der Waals surface area (Å²) < 4.78 is 0. The molecule has 4 heterocycles. The molecule has 1 saturated carbocycles. The number of H-pyrrole nitrogens is 1. The van der Waals surface area contributed by atoms with Crippen LogP contribution in [0.2, 0.25) is 5.02 Å². The second kappa shape index (κ2) is 7.46. The number of carbonyl (C=O) groups excluding carboxylic acids is 2. The van der Waals surface area contributed by atoms with E-state index in [0.717, 1.165) is 58.5 Å². The van der Waals surface area contributed by atoms with Gasteiger partial charge in [0.1, 0.15) is 5.82 Å². The first-order valence-corrected chi connectivity index (χ1v) is 11.7. The number of nitrogens with zero attached hydrogens (tertiary/aromatic N) is 2. The van der Waals surface area contributed by atoms with Crippen LogP contribution in [0.4, 0.5) is 11.5 Å². The summed E-state index contributed by atoms with van der Waals surface area (Å²) in [6.07, 6.45) is 6.06. The van der Waals surface area contributed by atoms with Gasteiger partial charge in [-0.05, 0) is 25.3 Å². The molecule has 5 N–H and O–H groups in total. The summed E-state index contributed by atoms with van der Waals surface area (Å²) in [7, 11) is 0. The number of nitrogens with one attached hydrogen (secondary N) is 3. The molecule has 1 aliphatic carbocycles. The van der Waals surface area contributed by atoms with E-state index in [0.29, 0.717) is 31.1 Å². The number of aromatic nitrogens is 2. The van der Waals surface area contributed by atoms with Gasteiger partial charge in [-0.1, -0.05) is 23.7 Å². The van der Waals surface area contributed by atoms with Gasteiger partial charge in [-0.2, -0.15) is 0 Å². The zero-order valence-electron chi connectivity index (χ0n) is 18.1. The van der Waals surface area contributed by atoms with Crippen LogP contribution in [0.3, 0.4) is 0 Å². The van der Waals surface area contributed by atoms with E-state index in [1.807, 2.05) is 29.3 Å². The molecule has 2 amide bonds. The van der Waals surface area contributed by atoms with Crippen LogP contribution in [0.25, 0.3) is 22.0 Å². The Balaban J connectivity index is 1.45. The maximum absolute atomic E-state index is 12.5. The van der Waals surface area contributed by atoms with Gasteiger partial charge in [-0.15, -0.1) is 0 Å². The molecule has 1 saturated heterocycles. The Kier molecular flexibility index (Phi) is 4.64. The summed E-state index contributed by atoms with van der Waals surface area (Å²) in [5, 5.41) is 8.17.